The van der Waals surface area contributed by atoms with E-state index in [9.17, 15) is 9.18 Å². The van der Waals surface area contributed by atoms with Crippen molar-refractivity contribution >= 4 is 17.4 Å². The first-order chi connectivity index (χ1) is 12.1. The third-order valence-electron chi connectivity index (χ3n) is 5.47. The maximum absolute atomic E-state index is 13.7. The molecule has 3 aliphatic rings. The average Bonchev–Trinajstić information content (AvgIpc) is 3.19. The summed E-state index contributed by atoms with van der Waals surface area (Å²) in [6, 6.07) is 4.35. The number of anilines is 2. The van der Waals surface area contributed by atoms with E-state index in [4.69, 9.17) is 4.74 Å². The van der Waals surface area contributed by atoms with Crippen molar-refractivity contribution in [2.24, 2.45) is 0 Å². The molecule has 0 aliphatic carbocycles. The normalized spacial score (nSPS) is 29.0. The maximum atomic E-state index is 13.7. The van der Waals surface area contributed by atoms with Crippen LogP contribution in [0.2, 0.25) is 0 Å². The van der Waals surface area contributed by atoms with Crippen LogP contribution in [0, 0.1) is 5.82 Å². The second-order valence-electron chi connectivity index (χ2n) is 7.27. The van der Waals surface area contributed by atoms with E-state index in [2.05, 4.69) is 27.5 Å². The van der Waals surface area contributed by atoms with Gasteiger partial charge < -0.3 is 25.2 Å². The van der Waals surface area contributed by atoms with Crippen LogP contribution in [0.4, 0.5) is 20.6 Å². The minimum Gasteiger partial charge on any atom is -0.373 e. The largest absolute Gasteiger partial charge is 0.373 e. The summed E-state index contributed by atoms with van der Waals surface area (Å²) in [6.45, 7) is 3.62. The zero-order valence-corrected chi connectivity index (χ0v) is 14.5. The molecule has 7 heteroatoms. The van der Waals surface area contributed by atoms with E-state index < -0.39 is 0 Å². The van der Waals surface area contributed by atoms with Gasteiger partial charge in [-0.15, -0.1) is 0 Å². The first-order valence-corrected chi connectivity index (χ1v) is 9.04. The molecule has 2 amide bonds. The Bertz CT molecular complexity index is 648. The Morgan fingerprint density at radius 2 is 2.04 bits per heavy atom. The van der Waals surface area contributed by atoms with Crippen molar-refractivity contribution in [2.45, 2.75) is 37.5 Å². The number of urea groups is 1. The summed E-state index contributed by atoms with van der Waals surface area (Å²) in [7, 11) is 2.09. The van der Waals surface area contributed by atoms with Gasteiger partial charge in [0.25, 0.3) is 0 Å². The summed E-state index contributed by atoms with van der Waals surface area (Å²) in [5, 5.41) is 5.84. The van der Waals surface area contributed by atoms with Gasteiger partial charge in [0.05, 0.1) is 29.6 Å². The molecule has 3 atom stereocenters. The Morgan fingerprint density at radius 3 is 2.72 bits per heavy atom. The van der Waals surface area contributed by atoms with Crippen LogP contribution in [0.1, 0.15) is 19.3 Å². The quantitative estimate of drug-likeness (QED) is 0.878. The zero-order valence-electron chi connectivity index (χ0n) is 14.5. The van der Waals surface area contributed by atoms with Gasteiger partial charge in [-0.2, -0.15) is 0 Å². The van der Waals surface area contributed by atoms with E-state index in [0.717, 1.165) is 51.1 Å². The highest BCUT2D eigenvalue weighted by molar-refractivity contribution is 5.93. The number of halogens is 1. The summed E-state index contributed by atoms with van der Waals surface area (Å²) in [5.74, 6) is -0.351. The number of benzene rings is 1. The molecule has 1 aromatic carbocycles. The number of hydrogen-bond donors (Lipinski definition) is 2. The zero-order chi connectivity index (χ0) is 17.4. The van der Waals surface area contributed by atoms with E-state index in [1.165, 1.54) is 12.1 Å². The average molecular weight is 348 g/mol. The van der Waals surface area contributed by atoms with Crippen LogP contribution in [-0.2, 0) is 4.74 Å². The van der Waals surface area contributed by atoms with Crippen molar-refractivity contribution in [1.29, 1.82) is 0 Å². The Balaban J connectivity index is 1.44. The number of rotatable bonds is 3. The SMILES string of the molecule is CN1CCN(c2ccc(F)cc2NC(=O)N[C@H]2C[C@H]3CC[C@H]2O3)CC1. The molecule has 3 fully saturated rings. The van der Waals surface area contributed by atoms with Crippen LogP contribution in [0.3, 0.4) is 0 Å². The lowest BCUT2D eigenvalue weighted by molar-refractivity contribution is 0.0984. The summed E-state index contributed by atoms with van der Waals surface area (Å²) < 4.78 is 19.5. The molecular formula is C18H25FN4O2. The molecular weight excluding hydrogens is 323 g/mol. The molecule has 0 radical (unpaired) electrons. The highest BCUT2D eigenvalue weighted by atomic mass is 19.1. The molecule has 0 aromatic heterocycles. The smallest absolute Gasteiger partial charge is 0.319 e. The highest BCUT2D eigenvalue weighted by Crippen LogP contribution is 2.34. The van der Waals surface area contributed by atoms with Crippen molar-refractivity contribution in [3.8, 4) is 0 Å². The van der Waals surface area contributed by atoms with E-state index in [0.29, 0.717) is 5.69 Å². The number of amides is 2. The van der Waals surface area contributed by atoms with E-state index in [-0.39, 0.29) is 30.1 Å². The minimum absolute atomic E-state index is 0.0550. The Morgan fingerprint density at radius 1 is 1.24 bits per heavy atom. The van der Waals surface area contributed by atoms with Crippen LogP contribution >= 0.6 is 0 Å². The number of carbonyl (C=O) groups is 1. The number of carbonyl (C=O) groups excluding carboxylic acids is 1. The lowest BCUT2D eigenvalue weighted by atomic mass is 9.96. The maximum Gasteiger partial charge on any atom is 0.319 e. The third-order valence-corrected chi connectivity index (χ3v) is 5.47. The predicted octanol–water partition coefficient (Wildman–Crippen LogP) is 2.02. The van der Waals surface area contributed by atoms with Gasteiger partial charge in [-0.1, -0.05) is 0 Å². The molecule has 2 bridgehead atoms. The fourth-order valence-corrected chi connectivity index (χ4v) is 4.05. The van der Waals surface area contributed by atoms with Gasteiger partial charge in [0.15, 0.2) is 0 Å². The molecule has 3 heterocycles. The van der Waals surface area contributed by atoms with Gasteiger partial charge in [-0.05, 0) is 44.5 Å². The molecule has 3 aliphatic heterocycles. The number of hydrogen-bond acceptors (Lipinski definition) is 4. The lowest BCUT2D eigenvalue weighted by Crippen LogP contribution is -2.45. The van der Waals surface area contributed by atoms with Crippen molar-refractivity contribution in [3.05, 3.63) is 24.0 Å². The topological polar surface area (TPSA) is 56.8 Å². The predicted molar refractivity (Wildman–Crippen MR) is 94.6 cm³/mol. The van der Waals surface area contributed by atoms with E-state index in [1.54, 1.807) is 6.07 Å². The minimum atomic E-state index is -0.351. The second-order valence-corrected chi connectivity index (χ2v) is 7.27. The number of piperazine rings is 1. The van der Waals surface area contributed by atoms with Gasteiger partial charge in [0.2, 0.25) is 0 Å². The van der Waals surface area contributed by atoms with Gasteiger partial charge in [-0.3, -0.25) is 0 Å². The number of ether oxygens (including phenoxy) is 1. The van der Waals surface area contributed by atoms with Crippen molar-refractivity contribution in [1.82, 2.24) is 10.2 Å². The summed E-state index contributed by atoms with van der Waals surface area (Å²) >= 11 is 0. The molecule has 136 valence electrons. The first-order valence-electron chi connectivity index (χ1n) is 9.04. The van der Waals surface area contributed by atoms with E-state index >= 15 is 0 Å². The number of nitrogens with zero attached hydrogens (tertiary/aromatic N) is 2. The van der Waals surface area contributed by atoms with Gasteiger partial charge in [-0.25, -0.2) is 9.18 Å². The van der Waals surface area contributed by atoms with Crippen LogP contribution in [-0.4, -0.2) is 62.4 Å². The van der Waals surface area contributed by atoms with Gasteiger partial charge in [0.1, 0.15) is 5.82 Å². The van der Waals surface area contributed by atoms with Crippen LogP contribution in [0.25, 0.3) is 0 Å². The first kappa shape index (κ1) is 16.6. The molecule has 4 rings (SSSR count). The third kappa shape index (κ3) is 3.57. The number of likely N-dealkylation sites (N-methyl/N-ethyl adjacent to an activating group) is 1. The van der Waals surface area contributed by atoms with Gasteiger partial charge in [0, 0.05) is 26.2 Å². The molecule has 25 heavy (non-hydrogen) atoms. The van der Waals surface area contributed by atoms with Crippen molar-refractivity contribution in [2.75, 3.05) is 43.4 Å². The molecule has 2 N–H and O–H groups in total. The van der Waals surface area contributed by atoms with Crippen molar-refractivity contribution < 1.29 is 13.9 Å². The summed E-state index contributed by atoms with van der Waals surface area (Å²) in [6.07, 6.45) is 3.36. The van der Waals surface area contributed by atoms with Crippen molar-refractivity contribution in [3.63, 3.8) is 0 Å². The number of nitrogens with one attached hydrogen (secondary N) is 2. The summed E-state index contributed by atoms with van der Waals surface area (Å²) in [4.78, 5) is 16.9. The highest BCUT2D eigenvalue weighted by Gasteiger charge is 2.41. The fraction of sp³-hybridized carbons (Fsp3) is 0.611. The molecule has 0 saturated carbocycles. The molecule has 0 spiro atoms. The lowest BCUT2D eigenvalue weighted by Gasteiger charge is -2.35. The van der Waals surface area contributed by atoms with Crippen LogP contribution < -0.4 is 15.5 Å². The molecule has 6 nitrogen and oxygen atoms in total. The van der Waals surface area contributed by atoms with Crippen LogP contribution in [0.5, 0.6) is 0 Å². The van der Waals surface area contributed by atoms with Gasteiger partial charge >= 0.3 is 6.03 Å². The number of fused-ring (bicyclic) bond motifs is 2. The van der Waals surface area contributed by atoms with Crippen LogP contribution in [0.15, 0.2) is 18.2 Å². The molecule has 0 unspecified atom stereocenters. The Labute approximate surface area is 147 Å². The molecule has 1 aromatic rings. The monoisotopic (exact) mass is 348 g/mol. The second kappa shape index (κ2) is 6.80. The Kier molecular flexibility index (Phi) is 4.52. The fourth-order valence-electron chi connectivity index (χ4n) is 4.05. The summed E-state index contributed by atoms with van der Waals surface area (Å²) in [5.41, 5.74) is 1.39. The Hall–Kier alpha value is -1.86. The molecule has 3 saturated heterocycles. The van der Waals surface area contributed by atoms with E-state index in [1.807, 2.05) is 0 Å². The standard InChI is InChI=1S/C18H25FN4O2/c1-22-6-8-23(9-7-22)16-4-2-12(19)10-14(16)20-18(24)21-15-11-13-3-5-17(15)25-13/h2,4,10,13,15,17H,3,5-9,11H2,1H3,(H2,20,21,24)/t13-,15+,17-/m1/s1.